The molecule has 0 radical (unpaired) electrons. The van der Waals surface area contributed by atoms with Crippen molar-refractivity contribution in [1.82, 2.24) is 9.88 Å². The first-order valence-electron chi connectivity index (χ1n) is 10.5. The lowest BCUT2D eigenvalue weighted by Crippen LogP contribution is -2.40. The van der Waals surface area contributed by atoms with Gasteiger partial charge in [0, 0.05) is 24.8 Å². The van der Waals surface area contributed by atoms with Gasteiger partial charge in [0.05, 0.1) is 17.8 Å². The number of rotatable bonds is 6. The molecule has 1 amide bonds. The number of nitrogens with zero attached hydrogens (tertiary/aromatic N) is 2. The van der Waals surface area contributed by atoms with Gasteiger partial charge < -0.3 is 10.1 Å². The lowest BCUT2D eigenvalue weighted by molar-refractivity contribution is -0.121. The van der Waals surface area contributed by atoms with E-state index < -0.39 is 0 Å². The number of carbonyl (C=O) groups is 1. The predicted octanol–water partition coefficient (Wildman–Crippen LogP) is 4.71. The molecule has 1 atom stereocenters. The molecule has 4 rings (SSSR count). The van der Waals surface area contributed by atoms with Crippen molar-refractivity contribution in [1.29, 1.82) is 0 Å². The average molecular weight is 412 g/mol. The molecule has 2 heterocycles. The van der Waals surface area contributed by atoms with Crippen LogP contribution in [0.15, 0.2) is 73.1 Å². The van der Waals surface area contributed by atoms with Crippen LogP contribution in [0.3, 0.4) is 0 Å². The number of ether oxygens (including phenoxy) is 1. The van der Waals surface area contributed by atoms with E-state index in [-0.39, 0.29) is 11.8 Å². The van der Waals surface area contributed by atoms with Crippen molar-refractivity contribution in [2.75, 3.05) is 18.4 Å². The minimum absolute atomic E-state index is 0.0228. The second-order valence-corrected chi connectivity index (χ2v) is 7.69. The molecule has 0 spiro atoms. The number of carbonyl (C=O) groups excluding carboxylic acids is 1. The highest BCUT2D eigenvalue weighted by atomic mass is 16.5. The molecular formula is C26H25N3O2. The Labute approximate surface area is 183 Å². The maximum Gasteiger partial charge on any atom is 0.228 e. The van der Waals surface area contributed by atoms with Gasteiger partial charge in [-0.05, 0) is 61.3 Å². The summed E-state index contributed by atoms with van der Waals surface area (Å²) in [6.45, 7) is 2.53. The van der Waals surface area contributed by atoms with Gasteiger partial charge in [-0.1, -0.05) is 30.2 Å². The standard InChI is InChI=1S/C26H25N3O2/c1-2-20-11-13-21(14-12-20)18-29-16-6-7-22(19-29)26(30)28-24-9-3-4-10-25(24)31-23-8-5-15-27-17-23/h1,3-5,8-15,17,22H,6-7,16,18-19H2,(H,28,30)/t22-/m1/s1. The maximum absolute atomic E-state index is 13.0. The highest BCUT2D eigenvalue weighted by molar-refractivity contribution is 5.94. The van der Waals surface area contributed by atoms with Crippen molar-refractivity contribution in [2.45, 2.75) is 19.4 Å². The molecule has 0 saturated carbocycles. The molecule has 1 N–H and O–H groups in total. The van der Waals surface area contributed by atoms with Gasteiger partial charge in [-0.3, -0.25) is 14.7 Å². The number of anilines is 1. The Balaban J connectivity index is 1.39. The molecule has 3 aromatic rings. The van der Waals surface area contributed by atoms with E-state index in [0.717, 1.165) is 38.0 Å². The summed E-state index contributed by atoms with van der Waals surface area (Å²) in [4.78, 5) is 19.4. The monoisotopic (exact) mass is 411 g/mol. The van der Waals surface area contributed by atoms with Crippen molar-refractivity contribution in [3.05, 3.63) is 84.2 Å². The largest absolute Gasteiger partial charge is 0.454 e. The van der Waals surface area contributed by atoms with Gasteiger partial charge in [0.1, 0.15) is 5.75 Å². The van der Waals surface area contributed by atoms with Gasteiger partial charge in [0.2, 0.25) is 5.91 Å². The minimum Gasteiger partial charge on any atom is -0.454 e. The third-order valence-corrected chi connectivity index (χ3v) is 5.41. The van der Waals surface area contributed by atoms with E-state index in [1.54, 1.807) is 12.4 Å². The lowest BCUT2D eigenvalue weighted by atomic mass is 9.96. The van der Waals surface area contributed by atoms with Crippen LogP contribution < -0.4 is 10.1 Å². The van der Waals surface area contributed by atoms with Crippen molar-refractivity contribution in [3.63, 3.8) is 0 Å². The summed E-state index contributed by atoms with van der Waals surface area (Å²) in [6.07, 6.45) is 10.6. The van der Waals surface area contributed by atoms with Crippen LogP contribution in [0.2, 0.25) is 0 Å². The number of piperidine rings is 1. The number of nitrogens with one attached hydrogen (secondary N) is 1. The summed E-state index contributed by atoms with van der Waals surface area (Å²) in [7, 11) is 0. The summed E-state index contributed by atoms with van der Waals surface area (Å²) in [5, 5.41) is 3.07. The number of amides is 1. The van der Waals surface area contributed by atoms with Gasteiger partial charge >= 0.3 is 0 Å². The molecule has 156 valence electrons. The first kappa shape index (κ1) is 20.6. The van der Waals surface area contributed by atoms with Gasteiger partial charge in [-0.15, -0.1) is 6.42 Å². The normalized spacial score (nSPS) is 16.3. The predicted molar refractivity (Wildman–Crippen MR) is 122 cm³/mol. The van der Waals surface area contributed by atoms with E-state index in [9.17, 15) is 4.79 Å². The maximum atomic E-state index is 13.0. The molecular weight excluding hydrogens is 386 g/mol. The molecule has 0 aliphatic carbocycles. The molecule has 2 aromatic carbocycles. The zero-order valence-corrected chi connectivity index (χ0v) is 17.3. The third-order valence-electron chi connectivity index (χ3n) is 5.41. The second kappa shape index (κ2) is 9.92. The molecule has 5 nitrogen and oxygen atoms in total. The van der Waals surface area contributed by atoms with E-state index in [1.807, 2.05) is 48.5 Å². The van der Waals surface area contributed by atoms with E-state index in [2.05, 4.69) is 33.3 Å². The van der Waals surface area contributed by atoms with Crippen LogP contribution in [0.5, 0.6) is 11.5 Å². The zero-order chi connectivity index (χ0) is 21.5. The van der Waals surface area contributed by atoms with Crippen LogP contribution >= 0.6 is 0 Å². The van der Waals surface area contributed by atoms with E-state index in [1.165, 1.54) is 5.56 Å². The highest BCUT2D eigenvalue weighted by Crippen LogP contribution is 2.30. The summed E-state index contributed by atoms with van der Waals surface area (Å²) in [6, 6.07) is 19.2. The zero-order valence-electron chi connectivity index (χ0n) is 17.3. The Morgan fingerprint density at radius 3 is 2.77 bits per heavy atom. The first-order chi connectivity index (χ1) is 15.2. The van der Waals surface area contributed by atoms with Crippen molar-refractivity contribution < 1.29 is 9.53 Å². The fourth-order valence-electron chi connectivity index (χ4n) is 3.81. The number of aromatic nitrogens is 1. The molecule has 5 heteroatoms. The fourth-order valence-corrected chi connectivity index (χ4v) is 3.81. The first-order valence-corrected chi connectivity index (χ1v) is 10.5. The lowest BCUT2D eigenvalue weighted by Gasteiger charge is -2.32. The molecule has 1 saturated heterocycles. The summed E-state index contributed by atoms with van der Waals surface area (Å²) in [5.74, 6) is 3.83. The fraction of sp³-hybridized carbons (Fsp3) is 0.231. The minimum atomic E-state index is -0.0646. The Morgan fingerprint density at radius 1 is 1.16 bits per heavy atom. The summed E-state index contributed by atoms with van der Waals surface area (Å²) in [5.41, 5.74) is 2.75. The molecule has 31 heavy (non-hydrogen) atoms. The molecule has 1 aromatic heterocycles. The van der Waals surface area contributed by atoms with Crippen molar-refractivity contribution in [2.24, 2.45) is 5.92 Å². The van der Waals surface area contributed by atoms with Crippen LogP contribution in [0.25, 0.3) is 0 Å². The Morgan fingerprint density at radius 2 is 2.00 bits per heavy atom. The Hall–Kier alpha value is -3.62. The van der Waals surface area contributed by atoms with Gasteiger partial charge in [0.25, 0.3) is 0 Å². The summed E-state index contributed by atoms with van der Waals surface area (Å²) < 4.78 is 5.92. The van der Waals surface area contributed by atoms with E-state index in [4.69, 9.17) is 11.2 Å². The molecule has 1 aliphatic heterocycles. The topological polar surface area (TPSA) is 54.5 Å². The van der Waals surface area contributed by atoms with Gasteiger partial charge in [0.15, 0.2) is 5.75 Å². The number of para-hydroxylation sites is 2. The molecule has 1 fully saturated rings. The van der Waals surface area contributed by atoms with Crippen molar-refractivity contribution in [3.8, 4) is 23.8 Å². The summed E-state index contributed by atoms with van der Waals surface area (Å²) >= 11 is 0. The Kier molecular flexibility index (Phi) is 6.61. The second-order valence-electron chi connectivity index (χ2n) is 7.69. The number of hydrogen-bond donors (Lipinski definition) is 1. The number of hydrogen-bond acceptors (Lipinski definition) is 4. The number of pyridine rings is 1. The SMILES string of the molecule is C#Cc1ccc(CN2CCC[C@@H](C(=O)Nc3ccccc3Oc3cccnc3)C2)cc1. The Bertz CT molecular complexity index is 1060. The van der Waals surface area contributed by atoms with Crippen molar-refractivity contribution >= 4 is 11.6 Å². The van der Waals surface area contributed by atoms with Crippen LogP contribution in [-0.2, 0) is 11.3 Å². The quantitative estimate of drug-likeness (QED) is 0.597. The number of benzene rings is 2. The number of likely N-dealkylation sites (tertiary alicyclic amines) is 1. The van der Waals surface area contributed by atoms with E-state index in [0.29, 0.717) is 17.2 Å². The van der Waals surface area contributed by atoms with Gasteiger partial charge in [-0.25, -0.2) is 0 Å². The number of terminal acetylenes is 1. The smallest absolute Gasteiger partial charge is 0.228 e. The van der Waals surface area contributed by atoms with E-state index >= 15 is 0 Å². The van der Waals surface area contributed by atoms with Crippen LogP contribution in [0.1, 0.15) is 24.0 Å². The third kappa shape index (κ3) is 5.50. The molecule has 0 bridgehead atoms. The van der Waals surface area contributed by atoms with Crippen LogP contribution in [0.4, 0.5) is 5.69 Å². The van der Waals surface area contributed by atoms with Crippen LogP contribution in [0, 0.1) is 18.3 Å². The van der Waals surface area contributed by atoms with Crippen LogP contribution in [-0.4, -0.2) is 28.9 Å². The van der Waals surface area contributed by atoms with Gasteiger partial charge in [-0.2, -0.15) is 0 Å². The molecule has 1 aliphatic rings. The highest BCUT2D eigenvalue weighted by Gasteiger charge is 2.26. The molecule has 0 unspecified atom stereocenters. The average Bonchev–Trinajstić information content (AvgIpc) is 2.82.